The van der Waals surface area contributed by atoms with E-state index >= 15 is 0 Å². The zero-order valence-electron chi connectivity index (χ0n) is 15.9. The van der Waals surface area contributed by atoms with Crippen molar-refractivity contribution in [2.24, 2.45) is 0 Å². The molecule has 1 fully saturated rings. The zero-order chi connectivity index (χ0) is 19.4. The van der Waals surface area contributed by atoms with Gasteiger partial charge in [0.1, 0.15) is 0 Å². The molecule has 1 amide bonds. The van der Waals surface area contributed by atoms with Gasteiger partial charge in [-0.25, -0.2) is 4.98 Å². The number of thioether (sulfide) groups is 1. The van der Waals surface area contributed by atoms with Crippen LogP contribution in [0.2, 0.25) is 0 Å². The summed E-state index contributed by atoms with van der Waals surface area (Å²) in [5.41, 5.74) is 0.556. The van der Waals surface area contributed by atoms with Crippen LogP contribution in [-0.4, -0.2) is 63.2 Å². The van der Waals surface area contributed by atoms with Crippen molar-refractivity contribution in [3.63, 3.8) is 0 Å². The standard InChI is InChI=1S/C20H26N4O2S/c1-4-10-24-19(26)16-8-6-7-9-17(16)21-20(24)27-15(3)18(25)23-13-11-22(5-2)12-14-23/h4,6-9,15H,1,5,10-14H2,2-3H3. The molecule has 1 aromatic carbocycles. The Morgan fingerprint density at radius 3 is 2.67 bits per heavy atom. The van der Waals surface area contributed by atoms with Gasteiger partial charge in [-0.1, -0.05) is 36.9 Å². The van der Waals surface area contributed by atoms with Gasteiger partial charge in [-0.15, -0.1) is 6.58 Å². The third-order valence-electron chi connectivity index (χ3n) is 4.90. The summed E-state index contributed by atoms with van der Waals surface area (Å²) in [5, 5.41) is 0.840. The number of benzene rings is 1. The van der Waals surface area contributed by atoms with Crippen LogP contribution in [0, 0.1) is 0 Å². The van der Waals surface area contributed by atoms with E-state index in [1.807, 2.05) is 30.0 Å². The summed E-state index contributed by atoms with van der Waals surface area (Å²) >= 11 is 1.35. The number of hydrogen-bond acceptors (Lipinski definition) is 5. The first-order chi connectivity index (χ1) is 13.0. The van der Waals surface area contributed by atoms with Gasteiger partial charge in [-0.3, -0.25) is 14.2 Å². The number of nitrogens with zero attached hydrogens (tertiary/aromatic N) is 4. The highest BCUT2D eigenvalue weighted by molar-refractivity contribution is 8.00. The minimum atomic E-state index is -0.303. The molecule has 27 heavy (non-hydrogen) atoms. The predicted molar refractivity (Wildman–Crippen MR) is 110 cm³/mol. The maximum Gasteiger partial charge on any atom is 0.262 e. The molecule has 144 valence electrons. The third kappa shape index (κ3) is 4.25. The van der Waals surface area contributed by atoms with Crippen molar-refractivity contribution < 1.29 is 4.79 Å². The van der Waals surface area contributed by atoms with Crippen molar-refractivity contribution in [2.75, 3.05) is 32.7 Å². The molecule has 1 atom stereocenters. The molecular weight excluding hydrogens is 360 g/mol. The summed E-state index contributed by atoms with van der Waals surface area (Å²) in [5.74, 6) is 0.100. The molecule has 1 aliphatic rings. The fourth-order valence-electron chi connectivity index (χ4n) is 3.28. The Bertz CT molecular complexity index is 887. The number of carbonyl (C=O) groups is 1. The highest BCUT2D eigenvalue weighted by Crippen LogP contribution is 2.24. The fourth-order valence-corrected chi connectivity index (χ4v) is 4.28. The average Bonchev–Trinajstić information content (AvgIpc) is 2.70. The van der Waals surface area contributed by atoms with E-state index in [-0.39, 0.29) is 16.7 Å². The number of para-hydroxylation sites is 1. The number of rotatable bonds is 6. The maximum absolute atomic E-state index is 12.9. The van der Waals surface area contributed by atoms with E-state index in [4.69, 9.17) is 0 Å². The van der Waals surface area contributed by atoms with Gasteiger partial charge in [-0.2, -0.15) is 0 Å². The average molecular weight is 387 g/mol. The van der Waals surface area contributed by atoms with Crippen LogP contribution in [0.4, 0.5) is 0 Å². The number of amides is 1. The first kappa shape index (κ1) is 19.6. The fraction of sp³-hybridized carbons (Fsp3) is 0.450. The lowest BCUT2D eigenvalue weighted by Gasteiger charge is -2.35. The van der Waals surface area contributed by atoms with E-state index < -0.39 is 0 Å². The van der Waals surface area contributed by atoms with Crippen molar-refractivity contribution in [3.8, 4) is 0 Å². The molecule has 0 spiro atoms. The Kier molecular flexibility index (Phi) is 6.34. The van der Waals surface area contributed by atoms with Crippen LogP contribution >= 0.6 is 11.8 Å². The van der Waals surface area contributed by atoms with Gasteiger partial charge in [0.15, 0.2) is 5.16 Å². The van der Waals surface area contributed by atoms with Gasteiger partial charge < -0.3 is 9.80 Å². The van der Waals surface area contributed by atoms with Gasteiger partial charge in [0.2, 0.25) is 5.91 Å². The highest BCUT2D eigenvalue weighted by atomic mass is 32.2. The van der Waals surface area contributed by atoms with Gasteiger partial charge in [-0.05, 0) is 25.6 Å². The van der Waals surface area contributed by atoms with Crippen LogP contribution in [0.5, 0.6) is 0 Å². The molecule has 0 aliphatic carbocycles. The molecular formula is C20H26N4O2S. The summed E-state index contributed by atoms with van der Waals surface area (Å²) in [7, 11) is 0. The second kappa shape index (κ2) is 8.71. The number of aromatic nitrogens is 2. The molecule has 1 aliphatic heterocycles. The van der Waals surface area contributed by atoms with E-state index in [2.05, 4.69) is 23.4 Å². The highest BCUT2D eigenvalue weighted by Gasteiger charge is 2.26. The van der Waals surface area contributed by atoms with E-state index in [0.29, 0.717) is 22.6 Å². The molecule has 0 N–H and O–H groups in total. The maximum atomic E-state index is 12.9. The molecule has 2 heterocycles. The van der Waals surface area contributed by atoms with E-state index in [9.17, 15) is 9.59 Å². The number of hydrogen-bond donors (Lipinski definition) is 0. The zero-order valence-corrected chi connectivity index (χ0v) is 16.7. The first-order valence-electron chi connectivity index (χ1n) is 9.33. The monoisotopic (exact) mass is 386 g/mol. The van der Waals surface area contributed by atoms with E-state index in [0.717, 1.165) is 32.7 Å². The Labute approximate surface area is 163 Å². The first-order valence-corrected chi connectivity index (χ1v) is 10.2. The summed E-state index contributed by atoms with van der Waals surface area (Å²) in [4.78, 5) is 34.6. The molecule has 1 unspecified atom stereocenters. The Balaban J connectivity index is 1.82. The molecule has 2 aromatic rings. The number of allylic oxidation sites excluding steroid dienone is 1. The minimum Gasteiger partial charge on any atom is -0.339 e. The van der Waals surface area contributed by atoms with Crippen molar-refractivity contribution in [2.45, 2.75) is 30.8 Å². The summed E-state index contributed by atoms with van der Waals surface area (Å²) in [6, 6.07) is 7.30. The van der Waals surface area contributed by atoms with Gasteiger partial charge in [0, 0.05) is 32.7 Å². The summed E-state index contributed by atoms with van der Waals surface area (Å²) in [6.07, 6.45) is 1.68. The number of piperazine rings is 1. The molecule has 3 rings (SSSR count). The number of carbonyl (C=O) groups excluding carboxylic acids is 1. The Morgan fingerprint density at radius 2 is 2.00 bits per heavy atom. The SMILES string of the molecule is C=CCn1c(SC(C)C(=O)N2CCN(CC)CC2)nc2ccccc2c1=O. The lowest BCUT2D eigenvalue weighted by Crippen LogP contribution is -2.50. The van der Waals surface area contributed by atoms with Gasteiger partial charge in [0.05, 0.1) is 16.2 Å². The van der Waals surface area contributed by atoms with Crippen LogP contribution in [0.1, 0.15) is 13.8 Å². The van der Waals surface area contributed by atoms with Crippen LogP contribution in [0.15, 0.2) is 46.9 Å². The second-order valence-electron chi connectivity index (χ2n) is 6.64. The molecule has 0 bridgehead atoms. The molecule has 1 saturated heterocycles. The van der Waals surface area contributed by atoms with Crippen LogP contribution < -0.4 is 5.56 Å². The second-order valence-corrected chi connectivity index (χ2v) is 7.94. The predicted octanol–water partition coefficient (Wildman–Crippen LogP) is 2.23. The topological polar surface area (TPSA) is 58.4 Å². The van der Waals surface area contributed by atoms with Gasteiger partial charge in [0.25, 0.3) is 5.56 Å². The smallest absolute Gasteiger partial charge is 0.262 e. The number of likely N-dealkylation sites (N-methyl/N-ethyl adjacent to an activating group) is 1. The molecule has 0 radical (unpaired) electrons. The van der Waals surface area contributed by atoms with E-state index in [1.165, 1.54) is 11.8 Å². The van der Waals surface area contributed by atoms with Crippen molar-refractivity contribution >= 4 is 28.6 Å². The van der Waals surface area contributed by atoms with Crippen LogP contribution in [-0.2, 0) is 11.3 Å². The van der Waals surface area contributed by atoms with Crippen molar-refractivity contribution in [1.29, 1.82) is 0 Å². The van der Waals surface area contributed by atoms with Crippen molar-refractivity contribution in [1.82, 2.24) is 19.4 Å². The van der Waals surface area contributed by atoms with Crippen LogP contribution in [0.3, 0.4) is 0 Å². The molecule has 7 heteroatoms. The van der Waals surface area contributed by atoms with Gasteiger partial charge >= 0.3 is 0 Å². The minimum absolute atomic E-state index is 0.0980. The van der Waals surface area contributed by atoms with Crippen LogP contribution in [0.25, 0.3) is 10.9 Å². The molecule has 0 saturated carbocycles. The lowest BCUT2D eigenvalue weighted by molar-refractivity contribution is -0.132. The lowest BCUT2D eigenvalue weighted by atomic mass is 10.2. The Morgan fingerprint density at radius 1 is 1.30 bits per heavy atom. The summed E-state index contributed by atoms with van der Waals surface area (Å²) in [6.45, 7) is 12.5. The normalized spacial score (nSPS) is 16.4. The molecule has 6 nitrogen and oxygen atoms in total. The third-order valence-corrected chi connectivity index (χ3v) is 5.98. The summed E-state index contributed by atoms with van der Waals surface area (Å²) < 4.78 is 1.60. The quantitative estimate of drug-likeness (QED) is 0.433. The molecule has 1 aromatic heterocycles. The van der Waals surface area contributed by atoms with Crippen molar-refractivity contribution in [3.05, 3.63) is 47.3 Å². The number of fused-ring (bicyclic) bond motifs is 1. The largest absolute Gasteiger partial charge is 0.339 e. The van der Waals surface area contributed by atoms with E-state index in [1.54, 1.807) is 16.7 Å². The Hall–Kier alpha value is -2.12.